The maximum atomic E-state index is 12.4. The second-order valence-corrected chi connectivity index (χ2v) is 4.16. The van der Waals surface area contributed by atoms with Crippen LogP contribution < -0.4 is 15.4 Å². The Morgan fingerprint density at radius 3 is 2.50 bits per heavy atom. The number of ether oxygens (including phenoxy) is 1. The molecule has 3 nitrogen and oxygen atoms in total. The van der Waals surface area contributed by atoms with Crippen LogP contribution in [-0.4, -0.2) is 31.9 Å². The summed E-state index contributed by atoms with van der Waals surface area (Å²) in [5.74, 6) is 0.444. The lowest BCUT2D eigenvalue weighted by Crippen LogP contribution is -2.32. The van der Waals surface area contributed by atoms with E-state index in [2.05, 4.69) is 0 Å². The van der Waals surface area contributed by atoms with Crippen LogP contribution in [-0.2, 0) is 0 Å². The van der Waals surface area contributed by atoms with Crippen LogP contribution >= 0.6 is 12.2 Å². The number of nitrogens with zero attached hydrogens (tertiary/aromatic N) is 1. The Morgan fingerprint density at radius 1 is 1.44 bits per heavy atom. The molecule has 0 aromatic heterocycles. The van der Waals surface area contributed by atoms with Gasteiger partial charge in [0.25, 0.3) is 0 Å². The molecule has 0 heterocycles. The standard InChI is InChI=1S/C11H13F3N2OS/c1-16(6-11(12,13)14)9-5-7(17-2)3-4-8(9)10(15)18/h3-5H,6H2,1-2H3,(H2,15,18). The molecule has 7 heteroatoms. The molecule has 2 N–H and O–H groups in total. The molecule has 0 unspecified atom stereocenters. The molecule has 1 aromatic carbocycles. The number of thiocarbonyl (C=S) groups is 1. The van der Waals surface area contributed by atoms with Crippen molar-refractivity contribution < 1.29 is 17.9 Å². The predicted molar refractivity (Wildman–Crippen MR) is 68.2 cm³/mol. The summed E-state index contributed by atoms with van der Waals surface area (Å²) in [7, 11) is 2.76. The lowest BCUT2D eigenvalue weighted by atomic mass is 10.1. The van der Waals surface area contributed by atoms with Gasteiger partial charge in [0.1, 0.15) is 17.3 Å². The summed E-state index contributed by atoms with van der Waals surface area (Å²) in [6.07, 6.45) is -4.30. The molecule has 0 saturated carbocycles. The van der Waals surface area contributed by atoms with Crippen LogP contribution in [0, 0.1) is 0 Å². The molecule has 1 aromatic rings. The van der Waals surface area contributed by atoms with Crippen LogP contribution in [0.25, 0.3) is 0 Å². The lowest BCUT2D eigenvalue weighted by Gasteiger charge is -2.23. The number of hydrogen-bond donors (Lipinski definition) is 1. The average molecular weight is 278 g/mol. The number of nitrogens with two attached hydrogens (primary N) is 1. The van der Waals surface area contributed by atoms with E-state index < -0.39 is 12.7 Å². The zero-order valence-corrected chi connectivity index (χ0v) is 10.7. The summed E-state index contributed by atoms with van der Waals surface area (Å²) in [5, 5.41) is 0. The molecule has 0 bridgehead atoms. The zero-order valence-electron chi connectivity index (χ0n) is 9.91. The molecule has 0 amide bonds. The second kappa shape index (κ2) is 5.43. The normalized spacial score (nSPS) is 11.2. The summed E-state index contributed by atoms with van der Waals surface area (Å²) >= 11 is 4.82. The van der Waals surface area contributed by atoms with E-state index in [0.29, 0.717) is 17.0 Å². The number of alkyl halides is 3. The van der Waals surface area contributed by atoms with E-state index in [4.69, 9.17) is 22.7 Å². The summed E-state index contributed by atoms with van der Waals surface area (Å²) in [5.41, 5.74) is 6.17. The van der Waals surface area contributed by atoms with Crippen LogP contribution in [0.15, 0.2) is 18.2 Å². The highest BCUT2D eigenvalue weighted by Crippen LogP contribution is 2.28. The molecule has 0 aliphatic heterocycles. The van der Waals surface area contributed by atoms with E-state index in [9.17, 15) is 13.2 Å². The summed E-state index contributed by atoms with van der Waals surface area (Å²) in [4.78, 5) is 1.08. The van der Waals surface area contributed by atoms with Crippen LogP contribution in [0.3, 0.4) is 0 Å². The average Bonchev–Trinajstić information content (AvgIpc) is 2.25. The summed E-state index contributed by atoms with van der Waals surface area (Å²) in [6.45, 7) is -1.09. The van der Waals surface area contributed by atoms with Gasteiger partial charge >= 0.3 is 6.18 Å². The largest absolute Gasteiger partial charge is 0.497 e. The topological polar surface area (TPSA) is 38.5 Å². The Labute approximate surface area is 108 Å². The number of benzene rings is 1. The van der Waals surface area contributed by atoms with Gasteiger partial charge in [-0.3, -0.25) is 0 Å². The molecule has 0 saturated heterocycles. The summed E-state index contributed by atoms with van der Waals surface area (Å²) < 4.78 is 42.1. The number of anilines is 1. The van der Waals surface area contributed by atoms with E-state index in [1.54, 1.807) is 12.1 Å². The van der Waals surface area contributed by atoms with Gasteiger partial charge < -0.3 is 15.4 Å². The minimum Gasteiger partial charge on any atom is -0.497 e. The first-order valence-corrected chi connectivity index (χ1v) is 5.41. The Morgan fingerprint density at radius 2 is 2.06 bits per heavy atom. The first-order valence-electron chi connectivity index (χ1n) is 5.00. The highest BCUT2D eigenvalue weighted by atomic mass is 32.1. The SMILES string of the molecule is COc1ccc(C(N)=S)c(N(C)CC(F)(F)F)c1. The van der Waals surface area contributed by atoms with Gasteiger partial charge in [-0.25, -0.2) is 0 Å². The molecule has 0 aliphatic rings. The van der Waals surface area contributed by atoms with Crippen molar-refractivity contribution in [3.05, 3.63) is 23.8 Å². The van der Waals surface area contributed by atoms with Gasteiger partial charge in [-0.1, -0.05) is 12.2 Å². The number of hydrogen-bond acceptors (Lipinski definition) is 3. The molecule has 100 valence electrons. The molecule has 0 radical (unpaired) electrons. The molecular weight excluding hydrogens is 265 g/mol. The van der Waals surface area contributed by atoms with Gasteiger partial charge in [-0.2, -0.15) is 13.2 Å². The fraction of sp³-hybridized carbons (Fsp3) is 0.364. The monoisotopic (exact) mass is 278 g/mol. The van der Waals surface area contributed by atoms with Gasteiger partial charge in [0.15, 0.2) is 0 Å². The molecule has 0 atom stereocenters. The second-order valence-electron chi connectivity index (χ2n) is 3.72. The van der Waals surface area contributed by atoms with Crippen molar-refractivity contribution in [2.24, 2.45) is 5.73 Å². The predicted octanol–water partition coefficient (Wildman–Crippen LogP) is 2.33. The third-order valence-electron chi connectivity index (χ3n) is 2.30. The van der Waals surface area contributed by atoms with E-state index in [-0.39, 0.29) is 4.99 Å². The van der Waals surface area contributed by atoms with Crippen molar-refractivity contribution in [2.75, 3.05) is 25.6 Å². The third-order valence-corrected chi connectivity index (χ3v) is 2.52. The molecule has 0 spiro atoms. The Bertz CT molecular complexity index is 448. The Kier molecular flexibility index (Phi) is 4.39. The Balaban J connectivity index is 3.14. The lowest BCUT2D eigenvalue weighted by molar-refractivity contribution is -0.119. The molecule has 0 fully saturated rings. The maximum absolute atomic E-state index is 12.4. The fourth-order valence-electron chi connectivity index (χ4n) is 1.52. The Hall–Kier alpha value is -1.50. The van der Waals surface area contributed by atoms with Gasteiger partial charge in [0, 0.05) is 18.7 Å². The third kappa shape index (κ3) is 3.76. The number of rotatable bonds is 4. The number of methoxy groups -OCH3 is 1. The highest BCUT2D eigenvalue weighted by Gasteiger charge is 2.30. The van der Waals surface area contributed by atoms with E-state index in [0.717, 1.165) is 4.90 Å². The van der Waals surface area contributed by atoms with Gasteiger partial charge in [0.2, 0.25) is 0 Å². The quantitative estimate of drug-likeness (QED) is 0.858. The van der Waals surface area contributed by atoms with Gasteiger partial charge in [0.05, 0.1) is 12.8 Å². The van der Waals surface area contributed by atoms with Crippen LogP contribution in [0.2, 0.25) is 0 Å². The van der Waals surface area contributed by atoms with Crippen molar-refractivity contribution in [3.63, 3.8) is 0 Å². The van der Waals surface area contributed by atoms with Crippen molar-refractivity contribution in [2.45, 2.75) is 6.18 Å². The van der Waals surface area contributed by atoms with Crippen LogP contribution in [0.5, 0.6) is 5.75 Å². The zero-order chi connectivity index (χ0) is 13.9. The van der Waals surface area contributed by atoms with Crippen molar-refractivity contribution in [1.82, 2.24) is 0 Å². The molecule has 0 aliphatic carbocycles. The molecular formula is C11H13F3N2OS. The van der Waals surface area contributed by atoms with Crippen LogP contribution in [0.4, 0.5) is 18.9 Å². The van der Waals surface area contributed by atoms with Crippen LogP contribution in [0.1, 0.15) is 5.56 Å². The highest BCUT2D eigenvalue weighted by molar-refractivity contribution is 7.80. The van der Waals surface area contributed by atoms with E-state index in [1.165, 1.54) is 20.2 Å². The van der Waals surface area contributed by atoms with Crippen molar-refractivity contribution >= 4 is 22.9 Å². The minimum atomic E-state index is -4.30. The van der Waals surface area contributed by atoms with Crippen molar-refractivity contribution in [1.29, 1.82) is 0 Å². The first kappa shape index (κ1) is 14.6. The smallest absolute Gasteiger partial charge is 0.405 e. The summed E-state index contributed by atoms with van der Waals surface area (Å²) in [6, 6.07) is 4.61. The van der Waals surface area contributed by atoms with E-state index in [1.807, 2.05) is 0 Å². The van der Waals surface area contributed by atoms with Gasteiger partial charge in [-0.05, 0) is 12.1 Å². The fourth-order valence-corrected chi connectivity index (χ4v) is 1.69. The maximum Gasteiger partial charge on any atom is 0.405 e. The minimum absolute atomic E-state index is 0.0432. The van der Waals surface area contributed by atoms with Crippen molar-refractivity contribution in [3.8, 4) is 5.75 Å². The first-order chi connectivity index (χ1) is 8.24. The molecule has 18 heavy (non-hydrogen) atoms. The molecule has 1 rings (SSSR count). The van der Waals surface area contributed by atoms with Gasteiger partial charge in [-0.15, -0.1) is 0 Å². The number of halogens is 3. The van der Waals surface area contributed by atoms with E-state index >= 15 is 0 Å².